The summed E-state index contributed by atoms with van der Waals surface area (Å²) in [5.41, 5.74) is 0. The summed E-state index contributed by atoms with van der Waals surface area (Å²) in [5.74, 6) is 0. The molecule has 0 unspecified atom stereocenters. The van der Waals surface area contributed by atoms with Crippen LogP contribution in [0, 0.1) is 0 Å². The van der Waals surface area contributed by atoms with Crippen molar-refractivity contribution in [1.29, 1.82) is 0 Å². The molecule has 0 amide bonds. The van der Waals surface area contributed by atoms with E-state index in [1.165, 1.54) is 6.07 Å². The first-order valence-electron chi connectivity index (χ1n) is 4.15. The summed E-state index contributed by atoms with van der Waals surface area (Å²) >= 11 is 5.75. The predicted octanol–water partition coefficient (Wildman–Crippen LogP) is 2.09. The van der Waals surface area contributed by atoms with Gasteiger partial charge in [0.25, 0.3) is 10.1 Å². The van der Waals surface area contributed by atoms with Crippen molar-refractivity contribution in [3.05, 3.63) is 41.4 Å². The molecule has 0 aliphatic rings. The topological polar surface area (TPSA) is 54.4 Å². The Morgan fingerprint density at radius 1 is 1.06 bits per heavy atom. The molecule has 0 atom stereocenters. The number of halogens is 1. The zero-order chi connectivity index (χ0) is 11.1. The molecule has 0 aliphatic carbocycles. The van der Waals surface area contributed by atoms with E-state index in [-0.39, 0.29) is 61.3 Å². The molecule has 0 saturated carbocycles. The molecule has 3 nitrogen and oxygen atoms in total. The first kappa shape index (κ1) is 14.6. The zero-order valence-electron chi connectivity index (χ0n) is 7.51. The summed E-state index contributed by atoms with van der Waals surface area (Å²) in [7, 11) is -4.29. The zero-order valence-corrected chi connectivity index (χ0v) is 9.09. The van der Waals surface area contributed by atoms with E-state index in [2.05, 4.69) is 0 Å². The van der Waals surface area contributed by atoms with Crippen molar-refractivity contribution in [2.24, 2.45) is 0 Å². The van der Waals surface area contributed by atoms with Gasteiger partial charge in [-0.15, -0.1) is 0 Å². The van der Waals surface area contributed by atoms with Gasteiger partial charge in [0, 0.05) is 5.39 Å². The maximum absolute atomic E-state index is 11.1. The molecule has 0 bridgehead atoms. The molecule has 6 heteroatoms. The minimum atomic E-state index is -4.29. The monoisotopic (exact) mass is 282 g/mol. The van der Waals surface area contributed by atoms with Crippen molar-refractivity contribution in [1.82, 2.24) is 0 Å². The fourth-order valence-corrected chi connectivity index (χ4v) is 2.71. The van der Waals surface area contributed by atoms with Gasteiger partial charge < -0.3 is 0 Å². The van der Waals surface area contributed by atoms with E-state index in [1.54, 1.807) is 30.3 Å². The summed E-state index contributed by atoms with van der Waals surface area (Å²) in [6.45, 7) is 0. The Morgan fingerprint density at radius 2 is 1.69 bits per heavy atom. The summed E-state index contributed by atoms with van der Waals surface area (Å²) in [4.78, 5) is -0.234. The number of fused-ring (bicyclic) bond motifs is 1. The van der Waals surface area contributed by atoms with Gasteiger partial charge in [0.2, 0.25) is 0 Å². The first-order valence-corrected chi connectivity index (χ1v) is 5.97. The van der Waals surface area contributed by atoms with Crippen molar-refractivity contribution < 1.29 is 13.0 Å². The van der Waals surface area contributed by atoms with Crippen molar-refractivity contribution in [2.45, 2.75) is 4.90 Å². The second kappa shape index (κ2) is 5.45. The normalized spacial score (nSPS) is 11.1. The van der Waals surface area contributed by atoms with E-state index in [0.29, 0.717) is 5.39 Å². The predicted molar refractivity (Wildman–Crippen MR) is 65.9 cm³/mol. The molecule has 0 aromatic heterocycles. The average Bonchev–Trinajstić information content (AvgIpc) is 2.15. The molecule has 0 aliphatic heterocycles. The van der Waals surface area contributed by atoms with Gasteiger partial charge in [0.1, 0.15) is 4.90 Å². The molecule has 0 spiro atoms. The number of hydrogen-bond donors (Lipinski definition) is 1. The molecule has 0 radical (unpaired) electrons. The number of hydrogen-bond acceptors (Lipinski definition) is 2. The van der Waals surface area contributed by atoms with E-state index >= 15 is 0 Å². The SMILES string of the molecule is O=S(=O)(O)c1c(Cl)ccc2ccccc12.[KH]. The van der Waals surface area contributed by atoms with Crippen LogP contribution in [0.15, 0.2) is 41.3 Å². The van der Waals surface area contributed by atoms with Crippen LogP contribution in [-0.2, 0) is 10.1 Å². The van der Waals surface area contributed by atoms with Crippen LogP contribution in [0.3, 0.4) is 0 Å². The quantitative estimate of drug-likeness (QED) is 0.644. The van der Waals surface area contributed by atoms with Gasteiger partial charge in [0.05, 0.1) is 5.02 Å². The molecule has 80 valence electrons. The van der Waals surface area contributed by atoms with Gasteiger partial charge in [-0.2, -0.15) is 8.42 Å². The van der Waals surface area contributed by atoms with Gasteiger partial charge in [-0.05, 0) is 11.5 Å². The minimum absolute atomic E-state index is 0. The third kappa shape index (κ3) is 2.86. The van der Waals surface area contributed by atoms with Crippen LogP contribution < -0.4 is 0 Å². The summed E-state index contributed by atoms with van der Waals surface area (Å²) in [6.07, 6.45) is 0. The van der Waals surface area contributed by atoms with Crippen LogP contribution in [-0.4, -0.2) is 64.4 Å². The van der Waals surface area contributed by atoms with Crippen LogP contribution in [0.25, 0.3) is 10.8 Å². The van der Waals surface area contributed by atoms with Crippen LogP contribution in [0.4, 0.5) is 0 Å². The first-order chi connectivity index (χ1) is 7.00. The molecule has 2 rings (SSSR count). The van der Waals surface area contributed by atoms with Gasteiger partial charge in [-0.3, -0.25) is 4.55 Å². The van der Waals surface area contributed by atoms with E-state index in [4.69, 9.17) is 16.2 Å². The molecule has 1 N–H and O–H groups in total. The second-order valence-corrected chi connectivity index (χ2v) is 4.84. The summed E-state index contributed by atoms with van der Waals surface area (Å²) in [5, 5.41) is 1.17. The molecule has 2 aromatic rings. The third-order valence-corrected chi connectivity index (χ3v) is 3.47. The fourth-order valence-electron chi connectivity index (χ4n) is 1.48. The molecule has 2 aromatic carbocycles. The van der Waals surface area contributed by atoms with Crippen LogP contribution in [0.2, 0.25) is 5.02 Å². The fraction of sp³-hybridized carbons (Fsp3) is 0. The Morgan fingerprint density at radius 3 is 2.31 bits per heavy atom. The molecule has 0 saturated heterocycles. The molecule has 0 fully saturated rings. The standard InChI is InChI=1S/C10H7ClO3S.K.H/c11-9-6-5-7-3-1-2-4-8(7)10(9)15(12,13)14;;/h1-6H,(H,12,13,14);;. The second-order valence-electron chi connectivity index (χ2n) is 3.07. The van der Waals surface area contributed by atoms with Gasteiger partial charge in [-0.1, -0.05) is 41.9 Å². The van der Waals surface area contributed by atoms with Crippen molar-refractivity contribution in [2.75, 3.05) is 0 Å². The van der Waals surface area contributed by atoms with Crippen LogP contribution in [0.1, 0.15) is 0 Å². The molecular weight excluding hydrogens is 275 g/mol. The van der Waals surface area contributed by atoms with Gasteiger partial charge in [0.15, 0.2) is 0 Å². The van der Waals surface area contributed by atoms with Crippen LogP contribution >= 0.6 is 11.6 Å². The van der Waals surface area contributed by atoms with Crippen LogP contribution in [0.5, 0.6) is 0 Å². The Kier molecular flexibility index (Phi) is 4.97. The van der Waals surface area contributed by atoms with Crippen molar-refractivity contribution >= 4 is 83.9 Å². The Bertz CT molecular complexity index is 625. The molecule has 16 heavy (non-hydrogen) atoms. The maximum atomic E-state index is 11.1. The number of benzene rings is 2. The Balaban J connectivity index is 0.00000128. The van der Waals surface area contributed by atoms with Crippen molar-refractivity contribution in [3.63, 3.8) is 0 Å². The van der Waals surface area contributed by atoms with E-state index in [1.807, 2.05) is 0 Å². The average molecular weight is 283 g/mol. The summed E-state index contributed by atoms with van der Waals surface area (Å²) < 4.78 is 31.3. The third-order valence-electron chi connectivity index (χ3n) is 2.09. The van der Waals surface area contributed by atoms with Gasteiger partial charge >= 0.3 is 51.4 Å². The Hall–Kier alpha value is 0.536. The molecular formula is C10H8ClKO3S. The van der Waals surface area contributed by atoms with E-state index in [9.17, 15) is 8.42 Å². The van der Waals surface area contributed by atoms with Gasteiger partial charge in [-0.25, -0.2) is 0 Å². The summed E-state index contributed by atoms with van der Waals surface area (Å²) in [6, 6.07) is 9.97. The van der Waals surface area contributed by atoms with E-state index < -0.39 is 10.1 Å². The van der Waals surface area contributed by atoms with Crippen molar-refractivity contribution in [3.8, 4) is 0 Å². The molecule has 0 heterocycles. The van der Waals surface area contributed by atoms with E-state index in [0.717, 1.165) is 5.39 Å². The number of rotatable bonds is 1. The Labute approximate surface area is 141 Å².